The minimum absolute atomic E-state index is 0.121. The van der Waals surface area contributed by atoms with Crippen LogP contribution in [-0.2, 0) is 14.8 Å². The molecule has 0 aromatic heterocycles. The second-order valence-electron chi connectivity index (χ2n) is 6.46. The number of piperidine rings is 1. The number of hydrogen-bond acceptors (Lipinski definition) is 4. The summed E-state index contributed by atoms with van der Waals surface area (Å²) in [7, 11) is -3.22. The molecule has 2 fully saturated rings. The molecule has 8 heteroatoms. The number of benzene rings is 1. The van der Waals surface area contributed by atoms with Crippen LogP contribution in [0, 0.1) is 5.82 Å². The molecule has 0 bridgehead atoms. The first-order chi connectivity index (χ1) is 11.4. The van der Waals surface area contributed by atoms with E-state index in [-0.39, 0.29) is 29.4 Å². The molecule has 1 heterocycles. The van der Waals surface area contributed by atoms with Crippen LogP contribution in [0.1, 0.15) is 25.7 Å². The van der Waals surface area contributed by atoms with Gasteiger partial charge in [0, 0.05) is 12.6 Å². The quantitative estimate of drug-likeness (QED) is 0.806. The highest BCUT2D eigenvalue weighted by Gasteiger charge is 2.37. The third-order valence-electron chi connectivity index (χ3n) is 4.31. The highest BCUT2D eigenvalue weighted by molar-refractivity contribution is 7.90. The van der Waals surface area contributed by atoms with Gasteiger partial charge >= 0.3 is 0 Å². The monoisotopic (exact) mass is 355 g/mol. The van der Waals surface area contributed by atoms with E-state index in [1.165, 1.54) is 12.1 Å². The zero-order chi connectivity index (χ0) is 17.2. The van der Waals surface area contributed by atoms with Gasteiger partial charge in [0.15, 0.2) is 0 Å². The van der Waals surface area contributed by atoms with E-state index in [1.54, 1.807) is 12.1 Å². The fraction of sp³-hybridized carbons (Fsp3) is 0.562. The molecule has 1 aliphatic heterocycles. The van der Waals surface area contributed by atoms with Crippen molar-refractivity contribution in [1.82, 2.24) is 9.62 Å². The van der Waals surface area contributed by atoms with Crippen molar-refractivity contribution in [3.8, 4) is 0 Å². The molecular weight excluding hydrogens is 333 g/mol. The van der Waals surface area contributed by atoms with E-state index in [0.29, 0.717) is 6.54 Å². The summed E-state index contributed by atoms with van der Waals surface area (Å²) in [5, 5.41) is 2.32. The molecule has 1 amide bonds. The first kappa shape index (κ1) is 17.3. The Morgan fingerprint density at radius 2 is 2.00 bits per heavy atom. The van der Waals surface area contributed by atoms with Crippen LogP contribution in [0.4, 0.5) is 10.1 Å². The van der Waals surface area contributed by atoms with Crippen molar-refractivity contribution < 1.29 is 17.6 Å². The lowest BCUT2D eigenvalue weighted by atomic mass is 10.1. The van der Waals surface area contributed by atoms with Crippen molar-refractivity contribution in [3.05, 3.63) is 30.1 Å². The Hall–Kier alpha value is -1.51. The summed E-state index contributed by atoms with van der Waals surface area (Å²) in [6.45, 7) is 1.35. The summed E-state index contributed by atoms with van der Waals surface area (Å²) in [4.78, 5) is 14.0. The predicted molar refractivity (Wildman–Crippen MR) is 89.6 cm³/mol. The standard InChI is InChI=1S/C16H22FN3O3S/c17-14-5-1-2-6-15(14)18-16(21)11-20-9-3-4-12(10-20)19-24(22,23)13-7-8-13/h1-2,5-6,12-13,19H,3-4,7-11H2,(H,18,21). The summed E-state index contributed by atoms with van der Waals surface area (Å²) in [6.07, 6.45) is 3.07. The average molecular weight is 355 g/mol. The lowest BCUT2D eigenvalue weighted by Crippen LogP contribution is -2.50. The number of carbonyl (C=O) groups is 1. The van der Waals surface area contributed by atoms with Crippen LogP contribution in [0.15, 0.2) is 24.3 Å². The number of anilines is 1. The summed E-state index contributed by atoms with van der Waals surface area (Å²) in [5.74, 6) is -0.773. The summed E-state index contributed by atoms with van der Waals surface area (Å²) in [5.41, 5.74) is 0.158. The number of hydrogen-bond donors (Lipinski definition) is 2. The van der Waals surface area contributed by atoms with E-state index in [4.69, 9.17) is 0 Å². The summed E-state index contributed by atoms with van der Waals surface area (Å²) >= 11 is 0. The first-order valence-corrected chi connectivity index (χ1v) is 9.76. The molecule has 3 rings (SSSR count). The number of amides is 1. The number of nitrogens with zero attached hydrogens (tertiary/aromatic N) is 1. The maximum atomic E-state index is 13.6. The van der Waals surface area contributed by atoms with E-state index in [9.17, 15) is 17.6 Å². The highest BCUT2D eigenvalue weighted by atomic mass is 32.2. The van der Waals surface area contributed by atoms with Crippen LogP contribution in [0.2, 0.25) is 0 Å². The summed E-state index contributed by atoms with van der Waals surface area (Å²) < 4.78 is 40.3. The van der Waals surface area contributed by atoms with Crippen LogP contribution in [0.25, 0.3) is 0 Å². The van der Waals surface area contributed by atoms with Crippen molar-refractivity contribution in [2.24, 2.45) is 0 Å². The van der Waals surface area contributed by atoms with Gasteiger partial charge in [-0.1, -0.05) is 12.1 Å². The Morgan fingerprint density at radius 3 is 2.71 bits per heavy atom. The Labute approximate surface area is 141 Å². The van der Waals surface area contributed by atoms with Crippen molar-refractivity contribution >= 4 is 21.6 Å². The molecule has 2 N–H and O–H groups in total. The number of sulfonamides is 1. The van der Waals surface area contributed by atoms with Crippen LogP contribution in [0.5, 0.6) is 0 Å². The van der Waals surface area contributed by atoms with Gasteiger partial charge in [0.2, 0.25) is 15.9 Å². The molecule has 6 nitrogen and oxygen atoms in total. The molecule has 1 saturated heterocycles. The van der Waals surface area contributed by atoms with Gasteiger partial charge in [-0.2, -0.15) is 0 Å². The number of likely N-dealkylation sites (tertiary alicyclic amines) is 1. The molecule has 1 saturated carbocycles. The SMILES string of the molecule is O=C(CN1CCCC(NS(=O)(=O)C2CC2)C1)Nc1ccccc1F. The van der Waals surface area contributed by atoms with E-state index in [1.807, 2.05) is 4.90 Å². The number of halogens is 1. The zero-order valence-electron chi connectivity index (χ0n) is 13.4. The molecule has 1 atom stereocenters. The molecule has 1 unspecified atom stereocenters. The molecule has 2 aliphatic rings. The molecule has 1 aromatic carbocycles. The van der Waals surface area contributed by atoms with Crippen LogP contribution in [-0.4, -0.2) is 50.2 Å². The fourth-order valence-electron chi connectivity index (χ4n) is 2.96. The van der Waals surface area contributed by atoms with Gasteiger partial charge < -0.3 is 5.32 Å². The maximum Gasteiger partial charge on any atom is 0.238 e. The van der Waals surface area contributed by atoms with Gasteiger partial charge in [0.25, 0.3) is 0 Å². The average Bonchev–Trinajstić information content (AvgIpc) is 3.35. The topological polar surface area (TPSA) is 78.5 Å². The van der Waals surface area contributed by atoms with Gasteiger partial charge in [-0.3, -0.25) is 9.69 Å². The smallest absolute Gasteiger partial charge is 0.238 e. The largest absolute Gasteiger partial charge is 0.322 e. The maximum absolute atomic E-state index is 13.6. The third kappa shape index (κ3) is 4.52. The van der Waals surface area contributed by atoms with Crippen LogP contribution < -0.4 is 10.0 Å². The Morgan fingerprint density at radius 1 is 1.25 bits per heavy atom. The second-order valence-corrected chi connectivity index (χ2v) is 8.46. The number of nitrogens with one attached hydrogen (secondary N) is 2. The minimum atomic E-state index is -3.22. The number of rotatable bonds is 6. The lowest BCUT2D eigenvalue weighted by Gasteiger charge is -2.32. The van der Waals surface area contributed by atoms with E-state index < -0.39 is 15.8 Å². The zero-order valence-corrected chi connectivity index (χ0v) is 14.2. The molecule has 132 valence electrons. The van der Waals surface area contributed by atoms with Crippen LogP contribution in [0.3, 0.4) is 0 Å². The molecule has 1 aliphatic carbocycles. The van der Waals surface area contributed by atoms with Gasteiger partial charge in [-0.25, -0.2) is 17.5 Å². The normalized spacial score (nSPS) is 22.3. The highest BCUT2D eigenvalue weighted by Crippen LogP contribution is 2.28. The molecule has 0 radical (unpaired) electrons. The Bertz CT molecular complexity index is 706. The van der Waals surface area contributed by atoms with E-state index in [2.05, 4.69) is 10.0 Å². The van der Waals surface area contributed by atoms with Crippen LogP contribution >= 0.6 is 0 Å². The van der Waals surface area contributed by atoms with Crippen molar-refractivity contribution in [1.29, 1.82) is 0 Å². The number of para-hydroxylation sites is 1. The second kappa shape index (κ2) is 7.16. The molecular formula is C16H22FN3O3S. The van der Waals surface area contributed by atoms with Gasteiger partial charge in [-0.15, -0.1) is 0 Å². The van der Waals surface area contributed by atoms with Crippen molar-refractivity contribution in [2.75, 3.05) is 25.0 Å². The molecule has 1 aromatic rings. The predicted octanol–water partition coefficient (Wildman–Crippen LogP) is 1.31. The molecule has 0 spiro atoms. The summed E-state index contributed by atoms with van der Waals surface area (Å²) in [6, 6.07) is 5.86. The Balaban J connectivity index is 1.51. The van der Waals surface area contributed by atoms with Gasteiger partial charge in [0.1, 0.15) is 5.82 Å². The van der Waals surface area contributed by atoms with Gasteiger partial charge in [0.05, 0.1) is 17.5 Å². The fourth-order valence-corrected chi connectivity index (χ4v) is 4.56. The van der Waals surface area contributed by atoms with Crippen molar-refractivity contribution in [2.45, 2.75) is 37.0 Å². The first-order valence-electron chi connectivity index (χ1n) is 8.22. The van der Waals surface area contributed by atoms with Gasteiger partial charge in [-0.05, 0) is 44.4 Å². The minimum Gasteiger partial charge on any atom is -0.322 e. The molecule has 24 heavy (non-hydrogen) atoms. The lowest BCUT2D eigenvalue weighted by molar-refractivity contribution is -0.117. The third-order valence-corrected chi connectivity index (χ3v) is 6.33. The Kier molecular flexibility index (Phi) is 5.17. The van der Waals surface area contributed by atoms with E-state index >= 15 is 0 Å². The van der Waals surface area contributed by atoms with E-state index in [0.717, 1.165) is 32.2 Å². The van der Waals surface area contributed by atoms with Crippen molar-refractivity contribution in [3.63, 3.8) is 0 Å². The number of carbonyl (C=O) groups excluding carboxylic acids is 1.